The number of hydrogen-bond acceptors (Lipinski definition) is 2. The van der Waals surface area contributed by atoms with Crippen molar-refractivity contribution in [2.45, 2.75) is 38.8 Å². The number of halogens is 1. The summed E-state index contributed by atoms with van der Waals surface area (Å²) in [6, 6.07) is 7.25. The normalized spacial score (nSPS) is 21.2. The Morgan fingerprint density at radius 2 is 2.09 bits per heavy atom. The fourth-order valence-corrected chi connectivity index (χ4v) is 3.77. The van der Waals surface area contributed by atoms with Gasteiger partial charge in [-0.1, -0.05) is 12.5 Å². The van der Waals surface area contributed by atoms with Crippen LogP contribution in [-0.4, -0.2) is 29.1 Å². The van der Waals surface area contributed by atoms with Crippen LogP contribution in [0.5, 0.6) is 0 Å². The van der Waals surface area contributed by atoms with Gasteiger partial charge in [0.1, 0.15) is 5.82 Å². The number of nitrogens with one attached hydrogen (secondary N) is 1. The van der Waals surface area contributed by atoms with Gasteiger partial charge in [-0.05, 0) is 43.5 Å². The quantitative estimate of drug-likeness (QED) is 0.913. The first-order valence-electron chi connectivity index (χ1n) is 8.72. The van der Waals surface area contributed by atoms with E-state index in [1.54, 1.807) is 12.1 Å². The summed E-state index contributed by atoms with van der Waals surface area (Å²) in [6.07, 6.45) is 7.48. The Labute approximate surface area is 136 Å². The molecule has 3 heterocycles. The largest absolute Gasteiger partial charge is 0.389 e. The molecule has 122 valence electrons. The molecule has 0 atom stereocenters. The molecule has 0 aliphatic carbocycles. The second kappa shape index (κ2) is 6.36. The minimum absolute atomic E-state index is 0.151. The van der Waals surface area contributed by atoms with E-state index in [0.29, 0.717) is 0 Å². The minimum Gasteiger partial charge on any atom is -0.389 e. The van der Waals surface area contributed by atoms with Crippen LogP contribution in [-0.2, 0) is 13.1 Å². The molecule has 2 aliphatic heterocycles. The van der Waals surface area contributed by atoms with Crippen LogP contribution in [0.4, 0.5) is 4.39 Å². The maximum atomic E-state index is 13.4. The van der Waals surface area contributed by atoms with E-state index >= 15 is 0 Å². The Morgan fingerprint density at radius 3 is 3.04 bits per heavy atom. The highest BCUT2D eigenvalue weighted by molar-refractivity contribution is 5.81. The molecular weight excluding hydrogens is 289 g/mol. The third-order valence-corrected chi connectivity index (χ3v) is 5.05. The van der Waals surface area contributed by atoms with Gasteiger partial charge in [0.2, 0.25) is 0 Å². The minimum atomic E-state index is -0.151. The number of hydrogen-bond donors (Lipinski definition) is 1. The molecule has 0 amide bonds. The summed E-state index contributed by atoms with van der Waals surface area (Å²) in [5.74, 6) is -0.151. The Kier molecular flexibility index (Phi) is 4.08. The van der Waals surface area contributed by atoms with Crippen LogP contribution in [0.2, 0.25) is 0 Å². The van der Waals surface area contributed by atoms with E-state index in [0.717, 1.165) is 43.6 Å². The van der Waals surface area contributed by atoms with Gasteiger partial charge in [0.05, 0.1) is 0 Å². The zero-order valence-corrected chi connectivity index (χ0v) is 13.5. The summed E-state index contributed by atoms with van der Waals surface area (Å²) in [6.45, 7) is 5.10. The fourth-order valence-electron chi connectivity index (χ4n) is 3.77. The molecule has 1 saturated heterocycles. The monoisotopic (exact) mass is 313 g/mol. The molecule has 3 nitrogen and oxygen atoms in total. The van der Waals surface area contributed by atoms with Crippen LogP contribution in [0, 0.1) is 5.82 Å². The number of fused-ring (bicyclic) bond motifs is 3. The van der Waals surface area contributed by atoms with Crippen molar-refractivity contribution in [1.29, 1.82) is 0 Å². The summed E-state index contributed by atoms with van der Waals surface area (Å²) < 4.78 is 15.7. The summed E-state index contributed by atoms with van der Waals surface area (Å²) in [7, 11) is 0. The van der Waals surface area contributed by atoms with E-state index in [1.807, 2.05) is 6.07 Å². The summed E-state index contributed by atoms with van der Waals surface area (Å²) in [5, 5.41) is 4.57. The van der Waals surface area contributed by atoms with Gasteiger partial charge in [0.15, 0.2) is 0 Å². The first-order chi connectivity index (χ1) is 11.3. The molecule has 1 aromatic carbocycles. The third kappa shape index (κ3) is 3.13. The van der Waals surface area contributed by atoms with Crippen LogP contribution < -0.4 is 5.32 Å². The Balaban J connectivity index is 1.48. The van der Waals surface area contributed by atoms with Crippen LogP contribution >= 0.6 is 0 Å². The molecule has 0 bridgehead atoms. The van der Waals surface area contributed by atoms with E-state index in [4.69, 9.17) is 0 Å². The summed E-state index contributed by atoms with van der Waals surface area (Å²) in [4.78, 5) is 2.48. The molecule has 0 radical (unpaired) electrons. The lowest BCUT2D eigenvalue weighted by atomic mass is 10.2. The van der Waals surface area contributed by atoms with Crippen molar-refractivity contribution >= 4 is 10.9 Å². The Bertz CT molecular complexity index is 722. The maximum absolute atomic E-state index is 13.4. The highest BCUT2D eigenvalue weighted by Gasteiger charge is 2.18. The molecule has 1 N–H and O–H groups in total. The number of aromatic nitrogens is 1. The van der Waals surface area contributed by atoms with Gasteiger partial charge < -0.3 is 9.88 Å². The van der Waals surface area contributed by atoms with E-state index in [9.17, 15) is 4.39 Å². The van der Waals surface area contributed by atoms with Gasteiger partial charge in [-0.15, -0.1) is 0 Å². The Hall–Kier alpha value is -1.81. The van der Waals surface area contributed by atoms with E-state index in [1.165, 1.54) is 37.1 Å². The molecule has 0 spiro atoms. The molecule has 23 heavy (non-hydrogen) atoms. The van der Waals surface area contributed by atoms with Gasteiger partial charge >= 0.3 is 0 Å². The van der Waals surface area contributed by atoms with Gasteiger partial charge in [0, 0.05) is 55.0 Å². The van der Waals surface area contributed by atoms with Gasteiger partial charge in [0.25, 0.3) is 0 Å². The van der Waals surface area contributed by atoms with E-state index in [2.05, 4.69) is 26.9 Å². The molecule has 0 unspecified atom stereocenters. The average Bonchev–Trinajstić information content (AvgIpc) is 2.72. The molecular formula is C19H24FN3. The number of benzene rings is 1. The molecule has 1 aromatic heterocycles. The summed E-state index contributed by atoms with van der Waals surface area (Å²) >= 11 is 0. The molecule has 2 aliphatic rings. The standard InChI is InChI=1S/C19H24FN3/c20-16-5-6-19-15(12-16)13-18-14-22(10-11-23(18)19)9-7-17-4-2-1-3-8-21-17/h5-7,12-13,21H,1-4,8-11,14H2. The zero-order chi connectivity index (χ0) is 15.6. The Morgan fingerprint density at radius 1 is 1.13 bits per heavy atom. The number of allylic oxidation sites excluding steroid dienone is 1. The molecule has 1 fully saturated rings. The van der Waals surface area contributed by atoms with Crippen molar-refractivity contribution < 1.29 is 4.39 Å². The van der Waals surface area contributed by atoms with Crippen LogP contribution in [0.15, 0.2) is 36.0 Å². The lowest BCUT2D eigenvalue weighted by Gasteiger charge is -2.28. The highest BCUT2D eigenvalue weighted by Crippen LogP contribution is 2.25. The van der Waals surface area contributed by atoms with Gasteiger partial charge in [-0.3, -0.25) is 4.90 Å². The second-order valence-electron chi connectivity index (χ2n) is 6.69. The van der Waals surface area contributed by atoms with Crippen molar-refractivity contribution in [3.8, 4) is 0 Å². The zero-order valence-electron chi connectivity index (χ0n) is 13.5. The average molecular weight is 313 g/mol. The van der Waals surface area contributed by atoms with Crippen molar-refractivity contribution in [3.63, 3.8) is 0 Å². The van der Waals surface area contributed by atoms with Crippen LogP contribution in [0.3, 0.4) is 0 Å². The van der Waals surface area contributed by atoms with E-state index < -0.39 is 0 Å². The SMILES string of the molecule is Fc1ccc2c(c1)cc1n2CCN(CC=C2CCCCCN2)C1. The first-order valence-corrected chi connectivity index (χ1v) is 8.72. The topological polar surface area (TPSA) is 20.2 Å². The van der Waals surface area contributed by atoms with Crippen LogP contribution in [0.1, 0.15) is 31.4 Å². The van der Waals surface area contributed by atoms with Crippen molar-refractivity contribution in [1.82, 2.24) is 14.8 Å². The first kappa shape index (κ1) is 14.8. The van der Waals surface area contributed by atoms with E-state index in [-0.39, 0.29) is 5.82 Å². The maximum Gasteiger partial charge on any atom is 0.123 e. The highest BCUT2D eigenvalue weighted by atomic mass is 19.1. The molecule has 2 aromatic rings. The van der Waals surface area contributed by atoms with Gasteiger partial charge in [-0.2, -0.15) is 0 Å². The lowest BCUT2D eigenvalue weighted by molar-refractivity contribution is 0.246. The lowest BCUT2D eigenvalue weighted by Crippen LogP contribution is -2.33. The fraction of sp³-hybridized carbons (Fsp3) is 0.474. The third-order valence-electron chi connectivity index (χ3n) is 5.05. The smallest absolute Gasteiger partial charge is 0.123 e. The second-order valence-corrected chi connectivity index (χ2v) is 6.69. The number of nitrogens with zero attached hydrogens (tertiary/aromatic N) is 2. The van der Waals surface area contributed by atoms with Crippen molar-refractivity contribution in [2.75, 3.05) is 19.6 Å². The molecule has 4 heteroatoms. The predicted octanol–water partition coefficient (Wildman–Crippen LogP) is 3.64. The predicted molar refractivity (Wildman–Crippen MR) is 91.7 cm³/mol. The molecule has 4 rings (SSSR count). The number of rotatable bonds is 2. The van der Waals surface area contributed by atoms with Gasteiger partial charge in [-0.25, -0.2) is 4.39 Å². The van der Waals surface area contributed by atoms with Crippen LogP contribution in [0.25, 0.3) is 10.9 Å². The van der Waals surface area contributed by atoms with Crippen molar-refractivity contribution in [3.05, 3.63) is 47.5 Å². The summed E-state index contributed by atoms with van der Waals surface area (Å²) in [5.41, 5.74) is 3.87. The van der Waals surface area contributed by atoms with Crippen molar-refractivity contribution in [2.24, 2.45) is 0 Å². The molecule has 0 saturated carbocycles.